The van der Waals surface area contributed by atoms with E-state index in [-0.39, 0.29) is 12.0 Å². The molecule has 0 aliphatic carbocycles. The van der Waals surface area contributed by atoms with E-state index in [4.69, 9.17) is 9.47 Å². The average molecular weight is 367 g/mol. The fourth-order valence-corrected chi connectivity index (χ4v) is 4.19. The highest BCUT2D eigenvalue weighted by molar-refractivity contribution is 5.92. The molecule has 0 unspecified atom stereocenters. The van der Waals surface area contributed by atoms with E-state index in [0.717, 1.165) is 12.0 Å². The Balaban J connectivity index is 1.46. The van der Waals surface area contributed by atoms with E-state index in [9.17, 15) is 4.79 Å². The maximum absolute atomic E-state index is 12.7. The normalized spacial score (nSPS) is 27.9. The number of rotatable bonds is 4. The number of nitrogens with zero attached hydrogens (tertiary/aromatic N) is 3. The van der Waals surface area contributed by atoms with Crippen LogP contribution in [0.15, 0.2) is 48.8 Å². The fraction of sp³-hybridized carbons (Fsp3) is 0.429. The quantitative estimate of drug-likeness (QED) is 0.778. The number of hydrogen-bond donors (Lipinski definition) is 0. The van der Waals surface area contributed by atoms with E-state index in [1.165, 1.54) is 5.56 Å². The highest BCUT2D eigenvalue weighted by atomic mass is 16.6. The Kier molecular flexibility index (Phi) is 4.85. The van der Waals surface area contributed by atoms with Gasteiger partial charge in [-0.3, -0.25) is 9.48 Å². The molecule has 142 valence electrons. The summed E-state index contributed by atoms with van der Waals surface area (Å²) in [6.45, 7) is 1.77. The van der Waals surface area contributed by atoms with Crippen LogP contribution in [0.5, 0.6) is 0 Å². The van der Waals surface area contributed by atoms with Gasteiger partial charge in [0, 0.05) is 37.9 Å². The summed E-state index contributed by atoms with van der Waals surface area (Å²) < 4.78 is 13.7. The number of aromatic nitrogens is 2. The molecular formula is C21H25N3O3. The first-order valence-corrected chi connectivity index (χ1v) is 9.27. The lowest BCUT2D eigenvalue weighted by molar-refractivity contribution is -0.126. The zero-order valence-electron chi connectivity index (χ0n) is 15.7. The number of carbonyl (C=O) groups is 1. The number of carbonyl (C=O) groups excluding carboxylic acids is 1. The minimum Gasteiger partial charge on any atom is -0.377 e. The van der Waals surface area contributed by atoms with Crippen molar-refractivity contribution in [3.63, 3.8) is 0 Å². The van der Waals surface area contributed by atoms with Gasteiger partial charge in [0.25, 0.3) is 0 Å². The fourth-order valence-electron chi connectivity index (χ4n) is 4.19. The number of benzene rings is 1. The zero-order chi connectivity index (χ0) is 18.9. The van der Waals surface area contributed by atoms with Gasteiger partial charge in [0.1, 0.15) is 11.7 Å². The standard InChI is InChI=1S/C21H25N3O3/c1-23-12-16(11-22-23)8-9-20(25)24-13-19(26-2)21(15-24)10-18(14-27-21)17-6-4-3-5-7-17/h3-9,11-12,18-19H,10,13-15H2,1-2H3/b9-8+/t18-,19-,21-/m1/s1. The van der Waals surface area contributed by atoms with Crippen molar-refractivity contribution in [2.45, 2.75) is 24.0 Å². The van der Waals surface area contributed by atoms with Crippen LogP contribution in [0.1, 0.15) is 23.5 Å². The van der Waals surface area contributed by atoms with Gasteiger partial charge in [-0.05, 0) is 18.1 Å². The molecular weight excluding hydrogens is 342 g/mol. The predicted octanol–water partition coefficient (Wildman–Crippen LogP) is 2.23. The monoisotopic (exact) mass is 367 g/mol. The van der Waals surface area contributed by atoms with Crippen molar-refractivity contribution in [3.8, 4) is 0 Å². The lowest BCUT2D eigenvalue weighted by atomic mass is 9.87. The molecule has 1 amide bonds. The summed E-state index contributed by atoms with van der Waals surface area (Å²) in [5.74, 6) is 0.314. The first-order valence-electron chi connectivity index (χ1n) is 9.27. The van der Waals surface area contributed by atoms with Crippen LogP contribution in [-0.2, 0) is 21.3 Å². The van der Waals surface area contributed by atoms with Gasteiger partial charge in [-0.15, -0.1) is 0 Å². The molecule has 2 aliphatic heterocycles. The summed E-state index contributed by atoms with van der Waals surface area (Å²) in [4.78, 5) is 14.5. The van der Waals surface area contributed by atoms with Crippen LogP contribution in [0.25, 0.3) is 6.08 Å². The summed E-state index contributed by atoms with van der Waals surface area (Å²) >= 11 is 0. The number of aryl methyl sites for hydroxylation is 1. The topological polar surface area (TPSA) is 56.6 Å². The van der Waals surface area contributed by atoms with Gasteiger partial charge in [-0.1, -0.05) is 30.3 Å². The molecule has 6 nitrogen and oxygen atoms in total. The van der Waals surface area contributed by atoms with Crippen molar-refractivity contribution in [2.75, 3.05) is 26.8 Å². The van der Waals surface area contributed by atoms with Gasteiger partial charge in [-0.2, -0.15) is 5.10 Å². The lowest BCUT2D eigenvalue weighted by Crippen LogP contribution is -2.42. The lowest BCUT2D eigenvalue weighted by Gasteiger charge is -2.28. The summed E-state index contributed by atoms with van der Waals surface area (Å²) in [6.07, 6.45) is 7.76. The summed E-state index contributed by atoms with van der Waals surface area (Å²) in [5, 5.41) is 4.11. The maximum atomic E-state index is 12.7. The Labute approximate surface area is 159 Å². The molecule has 2 fully saturated rings. The molecule has 1 aromatic heterocycles. The SMILES string of the molecule is CO[C@@H]1CN(C(=O)/C=C/c2cnn(C)c2)C[C@]12C[C@@H](c1ccccc1)CO2. The second-order valence-electron chi connectivity index (χ2n) is 7.41. The Morgan fingerprint density at radius 1 is 1.37 bits per heavy atom. The van der Waals surface area contributed by atoms with Crippen molar-refractivity contribution in [1.82, 2.24) is 14.7 Å². The van der Waals surface area contributed by atoms with Crippen molar-refractivity contribution in [2.24, 2.45) is 7.05 Å². The van der Waals surface area contributed by atoms with Crippen LogP contribution in [0.4, 0.5) is 0 Å². The van der Waals surface area contributed by atoms with Gasteiger partial charge in [0.05, 0.1) is 25.9 Å². The van der Waals surface area contributed by atoms with Gasteiger partial charge < -0.3 is 14.4 Å². The zero-order valence-corrected chi connectivity index (χ0v) is 15.7. The Hall–Kier alpha value is -2.44. The predicted molar refractivity (Wildman–Crippen MR) is 102 cm³/mol. The van der Waals surface area contributed by atoms with Gasteiger partial charge in [-0.25, -0.2) is 0 Å². The molecule has 4 rings (SSSR count). The molecule has 0 N–H and O–H groups in total. The average Bonchev–Trinajstić information content (AvgIpc) is 3.40. The molecule has 1 aromatic carbocycles. The third kappa shape index (κ3) is 3.55. The number of amides is 1. The summed E-state index contributed by atoms with van der Waals surface area (Å²) in [7, 11) is 3.55. The van der Waals surface area contributed by atoms with Crippen LogP contribution < -0.4 is 0 Å². The highest BCUT2D eigenvalue weighted by Gasteiger charge is 2.53. The second-order valence-corrected chi connectivity index (χ2v) is 7.41. The molecule has 2 saturated heterocycles. The first kappa shape index (κ1) is 17.9. The molecule has 2 aromatic rings. The smallest absolute Gasteiger partial charge is 0.246 e. The van der Waals surface area contributed by atoms with Crippen LogP contribution in [0.3, 0.4) is 0 Å². The van der Waals surface area contributed by atoms with E-state index >= 15 is 0 Å². The van der Waals surface area contributed by atoms with Crippen LogP contribution in [0, 0.1) is 0 Å². The van der Waals surface area contributed by atoms with Crippen LogP contribution >= 0.6 is 0 Å². The molecule has 0 bridgehead atoms. The third-order valence-corrected chi connectivity index (χ3v) is 5.61. The molecule has 0 saturated carbocycles. The van der Waals surface area contributed by atoms with Crippen LogP contribution in [-0.4, -0.2) is 59.1 Å². The van der Waals surface area contributed by atoms with Gasteiger partial charge in [0.2, 0.25) is 5.91 Å². The number of hydrogen-bond acceptors (Lipinski definition) is 4. The Morgan fingerprint density at radius 2 is 2.19 bits per heavy atom. The van der Waals surface area contributed by atoms with Crippen molar-refractivity contribution in [1.29, 1.82) is 0 Å². The third-order valence-electron chi connectivity index (χ3n) is 5.61. The maximum Gasteiger partial charge on any atom is 0.246 e. The van der Waals surface area contributed by atoms with E-state index in [0.29, 0.717) is 25.6 Å². The molecule has 1 spiro atoms. The van der Waals surface area contributed by atoms with Crippen LogP contribution in [0.2, 0.25) is 0 Å². The molecule has 3 atom stereocenters. The molecule has 3 heterocycles. The minimum atomic E-state index is -0.424. The minimum absolute atomic E-state index is 0.0236. The second kappa shape index (κ2) is 7.29. The molecule has 2 aliphatic rings. The Bertz CT molecular complexity index is 832. The summed E-state index contributed by atoms with van der Waals surface area (Å²) in [6, 6.07) is 10.4. The number of ether oxygens (including phenoxy) is 2. The van der Waals surface area contributed by atoms with Gasteiger partial charge in [0.15, 0.2) is 0 Å². The van der Waals surface area contributed by atoms with E-state index < -0.39 is 5.60 Å². The molecule has 27 heavy (non-hydrogen) atoms. The van der Waals surface area contributed by atoms with Crippen molar-refractivity contribution >= 4 is 12.0 Å². The van der Waals surface area contributed by atoms with Crippen molar-refractivity contribution < 1.29 is 14.3 Å². The van der Waals surface area contributed by atoms with E-state index in [1.807, 2.05) is 24.2 Å². The van der Waals surface area contributed by atoms with Gasteiger partial charge >= 0.3 is 0 Å². The number of likely N-dealkylation sites (tertiary alicyclic amines) is 1. The molecule has 0 radical (unpaired) electrons. The number of methoxy groups -OCH3 is 1. The first-order chi connectivity index (χ1) is 13.1. The Morgan fingerprint density at radius 3 is 2.89 bits per heavy atom. The van der Waals surface area contributed by atoms with E-state index in [2.05, 4.69) is 29.4 Å². The highest BCUT2D eigenvalue weighted by Crippen LogP contribution is 2.43. The van der Waals surface area contributed by atoms with E-state index in [1.54, 1.807) is 30.1 Å². The largest absolute Gasteiger partial charge is 0.377 e. The molecule has 6 heteroatoms. The van der Waals surface area contributed by atoms with Crippen molar-refractivity contribution in [3.05, 3.63) is 59.9 Å². The summed E-state index contributed by atoms with van der Waals surface area (Å²) in [5.41, 5.74) is 1.77.